The van der Waals surface area contributed by atoms with Crippen LogP contribution in [0.25, 0.3) is 0 Å². The molecule has 1 N–H and O–H groups in total. The number of nitrogens with zero attached hydrogens (tertiary/aromatic N) is 2. The second-order valence-electron chi connectivity index (χ2n) is 8.48. The van der Waals surface area contributed by atoms with Gasteiger partial charge in [0.25, 0.3) is 5.91 Å². The van der Waals surface area contributed by atoms with E-state index in [1.54, 1.807) is 12.2 Å². The van der Waals surface area contributed by atoms with Crippen LogP contribution in [0.1, 0.15) is 91.9 Å². The van der Waals surface area contributed by atoms with Crippen molar-refractivity contribution >= 4 is 5.91 Å². The second kappa shape index (κ2) is 14.1. The van der Waals surface area contributed by atoms with E-state index >= 15 is 0 Å². The van der Waals surface area contributed by atoms with Crippen LogP contribution in [0, 0.1) is 11.3 Å². The maximum atomic E-state index is 12.2. The highest BCUT2D eigenvalue weighted by Gasteiger charge is 2.35. The minimum atomic E-state index is -0.305. The summed E-state index contributed by atoms with van der Waals surface area (Å²) in [6.45, 7) is 10.6. The van der Waals surface area contributed by atoms with Crippen molar-refractivity contribution in [3.05, 3.63) is 23.6 Å². The van der Waals surface area contributed by atoms with Crippen LogP contribution < -0.4 is 5.32 Å². The molecule has 1 amide bonds. The number of rotatable bonds is 14. The summed E-state index contributed by atoms with van der Waals surface area (Å²) in [5, 5.41) is 12.2. The minimum Gasteiger partial charge on any atom is -0.477 e. The summed E-state index contributed by atoms with van der Waals surface area (Å²) in [6.07, 6.45) is 15.9. The molecule has 0 saturated carbocycles. The number of unbranched alkanes of at least 4 members (excludes halogenated alkanes) is 9. The van der Waals surface area contributed by atoms with Gasteiger partial charge in [0.05, 0.1) is 5.54 Å². The van der Waals surface area contributed by atoms with Crippen LogP contribution in [-0.4, -0.2) is 36.0 Å². The van der Waals surface area contributed by atoms with E-state index in [4.69, 9.17) is 4.74 Å². The van der Waals surface area contributed by atoms with Crippen molar-refractivity contribution in [3.8, 4) is 6.07 Å². The summed E-state index contributed by atoms with van der Waals surface area (Å²) in [5.74, 6) is 0.410. The van der Waals surface area contributed by atoms with Crippen molar-refractivity contribution in [1.82, 2.24) is 10.2 Å². The number of nitrogens with one attached hydrogen (secondary N) is 1. The van der Waals surface area contributed by atoms with Crippen LogP contribution in [0.2, 0.25) is 0 Å². The number of amides is 1. The van der Waals surface area contributed by atoms with E-state index in [2.05, 4.69) is 37.9 Å². The Bertz CT molecular complexity index is 587. The molecule has 0 atom stereocenters. The average molecular weight is 404 g/mol. The van der Waals surface area contributed by atoms with E-state index in [0.29, 0.717) is 19.0 Å². The summed E-state index contributed by atoms with van der Waals surface area (Å²) in [5.41, 5.74) is 0.0489. The molecule has 29 heavy (non-hydrogen) atoms. The van der Waals surface area contributed by atoms with E-state index in [0.717, 1.165) is 19.4 Å². The van der Waals surface area contributed by atoms with Gasteiger partial charge in [-0.05, 0) is 39.3 Å². The minimum absolute atomic E-state index is 0.0704. The van der Waals surface area contributed by atoms with Crippen molar-refractivity contribution < 1.29 is 9.53 Å². The number of hydrogen-bond acceptors (Lipinski definition) is 4. The van der Waals surface area contributed by atoms with Gasteiger partial charge >= 0.3 is 0 Å². The number of hydrogen-bond donors (Lipinski definition) is 1. The third kappa shape index (κ3) is 9.39. The molecule has 0 aliphatic carbocycles. The molecule has 1 aliphatic rings. The fourth-order valence-electron chi connectivity index (χ4n) is 3.65. The van der Waals surface area contributed by atoms with Gasteiger partial charge in [-0.15, -0.1) is 0 Å². The largest absolute Gasteiger partial charge is 0.477 e. The molecule has 0 unspecified atom stereocenters. The Morgan fingerprint density at radius 3 is 2.24 bits per heavy atom. The van der Waals surface area contributed by atoms with Crippen molar-refractivity contribution in [2.45, 2.75) is 97.4 Å². The summed E-state index contributed by atoms with van der Waals surface area (Å²) in [6, 6.07) is 2.00. The lowest BCUT2D eigenvalue weighted by Gasteiger charge is -2.28. The molecule has 1 rings (SSSR count). The standard InChI is InChI=1S/C24H41N3O2/c1-5-7-8-9-10-11-12-13-14-15-18-26-23(28)21(19-25)16-17-22-27(6-2)24(3,4)20-29-22/h16-17H,5-15,18,20H2,1-4H3,(H,26,28)/b21-16+,22-17-. The van der Waals surface area contributed by atoms with Gasteiger partial charge in [0, 0.05) is 13.1 Å². The molecule has 5 heteroatoms. The van der Waals surface area contributed by atoms with Crippen LogP contribution in [-0.2, 0) is 9.53 Å². The number of likely N-dealkylation sites (N-methyl/N-ethyl adjacent to an activating group) is 1. The highest BCUT2D eigenvalue weighted by Crippen LogP contribution is 2.29. The molecule has 1 aliphatic heterocycles. The van der Waals surface area contributed by atoms with Crippen LogP contribution in [0.5, 0.6) is 0 Å². The zero-order chi connectivity index (χ0) is 21.5. The molecule has 1 saturated heterocycles. The van der Waals surface area contributed by atoms with Gasteiger partial charge in [-0.2, -0.15) is 5.26 Å². The predicted octanol–water partition coefficient (Wildman–Crippen LogP) is 5.45. The average Bonchev–Trinajstić information content (AvgIpc) is 2.99. The van der Waals surface area contributed by atoms with Gasteiger partial charge in [0.1, 0.15) is 18.2 Å². The van der Waals surface area contributed by atoms with Gasteiger partial charge in [-0.3, -0.25) is 4.79 Å². The fourth-order valence-corrected chi connectivity index (χ4v) is 3.65. The third-order valence-electron chi connectivity index (χ3n) is 5.46. The molecular formula is C24H41N3O2. The highest BCUT2D eigenvalue weighted by molar-refractivity contribution is 5.97. The Kier molecular flexibility index (Phi) is 12.2. The lowest BCUT2D eigenvalue weighted by Crippen LogP contribution is -2.39. The smallest absolute Gasteiger partial charge is 0.261 e. The van der Waals surface area contributed by atoms with Crippen molar-refractivity contribution in [2.24, 2.45) is 0 Å². The predicted molar refractivity (Wildman–Crippen MR) is 119 cm³/mol. The Hall–Kier alpha value is -1.96. The quantitative estimate of drug-likeness (QED) is 0.238. The molecule has 0 aromatic heterocycles. The zero-order valence-electron chi connectivity index (χ0n) is 19.1. The Morgan fingerprint density at radius 2 is 1.69 bits per heavy atom. The number of allylic oxidation sites excluding steroid dienone is 2. The molecule has 0 spiro atoms. The first-order chi connectivity index (χ1) is 14.0. The van der Waals surface area contributed by atoms with E-state index in [-0.39, 0.29) is 17.0 Å². The van der Waals surface area contributed by atoms with Crippen molar-refractivity contribution in [3.63, 3.8) is 0 Å². The van der Waals surface area contributed by atoms with Crippen LogP contribution >= 0.6 is 0 Å². The first-order valence-electron chi connectivity index (χ1n) is 11.5. The van der Waals surface area contributed by atoms with E-state index in [1.165, 1.54) is 51.4 Å². The van der Waals surface area contributed by atoms with E-state index < -0.39 is 0 Å². The SMILES string of the molecule is CCCCCCCCCCCCNC(=O)/C(C#N)=C/C=C1\OCC(C)(C)N1CC. The van der Waals surface area contributed by atoms with Crippen molar-refractivity contribution in [2.75, 3.05) is 19.7 Å². The van der Waals surface area contributed by atoms with Crippen LogP contribution in [0.15, 0.2) is 23.6 Å². The lowest BCUT2D eigenvalue weighted by atomic mass is 10.1. The monoisotopic (exact) mass is 403 g/mol. The molecule has 1 fully saturated rings. The molecule has 0 aromatic carbocycles. The molecule has 164 valence electrons. The van der Waals surface area contributed by atoms with Gasteiger partial charge < -0.3 is 15.0 Å². The fraction of sp³-hybridized carbons (Fsp3) is 0.750. The van der Waals surface area contributed by atoms with Gasteiger partial charge in [0.15, 0.2) is 5.88 Å². The Balaban J connectivity index is 2.26. The van der Waals surface area contributed by atoms with E-state index in [1.807, 2.05) is 6.07 Å². The molecule has 0 aromatic rings. The maximum Gasteiger partial charge on any atom is 0.261 e. The molecule has 1 heterocycles. The van der Waals surface area contributed by atoms with Gasteiger partial charge in [0.2, 0.25) is 0 Å². The molecule has 0 bridgehead atoms. The highest BCUT2D eigenvalue weighted by atomic mass is 16.5. The van der Waals surface area contributed by atoms with Crippen LogP contribution in [0.4, 0.5) is 0 Å². The van der Waals surface area contributed by atoms with Gasteiger partial charge in [-0.1, -0.05) is 64.7 Å². The summed E-state index contributed by atoms with van der Waals surface area (Å²) < 4.78 is 5.72. The summed E-state index contributed by atoms with van der Waals surface area (Å²) >= 11 is 0. The molecular weight excluding hydrogens is 362 g/mol. The summed E-state index contributed by atoms with van der Waals surface area (Å²) in [7, 11) is 0. The Labute approximate surface area is 178 Å². The maximum absolute atomic E-state index is 12.2. The lowest BCUT2D eigenvalue weighted by molar-refractivity contribution is -0.117. The number of ether oxygens (including phenoxy) is 1. The molecule has 0 radical (unpaired) electrons. The number of carbonyl (C=O) groups excluding carboxylic acids is 1. The first kappa shape index (κ1) is 25.1. The van der Waals surface area contributed by atoms with Crippen molar-refractivity contribution in [1.29, 1.82) is 5.26 Å². The number of carbonyl (C=O) groups is 1. The second-order valence-corrected chi connectivity index (χ2v) is 8.48. The van der Waals surface area contributed by atoms with Crippen LogP contribution in [0.3, 0.4) is 0 Å². The summed E-state index contributed by atoms with van der Waals surface area (Å²) in [4.78, 5) is 14.4. The number of nitriles is 1. The molecule has 5 nitrogen and oxygen atoms in total. The van der Waals surface area contributed by atoms with E-state index in [9.17, 15) is 10.1 Å². The third-order valence-corrected chi connectivity index (χ3v) is 5.46. The Morgan fingerprint density at radius 1 is 1.10 bits per heavy atom. The zero-order valence-corrected chi connectivity index (χ0v) is 19.1. The topological polar surface area (TPSA) is 65.4 Å². The first-order valence-corrected chi connectivity index (χ1v) is 11.5. The van der Waals surface area contributed by atoms with Gasteiger partial charge in [-0.25, -0.2) is 0 Å². The normalized spacial score (nSPS) is 17.3.